The highest BCUT2D eigenvalue weighted by Crippen LogP contribution is 2.44. The number of pyridine rings is 2. The van der Waals surface area contributed by atoms with E-state index in [0.717, 1.165) is 5.56 Å². The molecule has 4 aromatic heterocycles. The maximum absolute atomic E-state index is 12.8. The van der Waals surface area contributed by atoms with Gasteiger partial charge in [-0.15, -0.1) is 11.3 Å². The lowest BCUT2D eigenvalue weighted by Gasteiger charge is -2.12. The van der Waals surface area contributed by atoms with Gasteiger partial charge in [0.15, 0.2) is 5.75 Å². The van der Waals surface area contributed by atoms with Gasteiger partial charge in [0, 0.05) is 37.4 Å². The van der Waals surface area contributed by atoms with Gasteiger partial charge in [-0.05, 0) is 45.4 Å². The van der Waals surface area contributed by atoms with E-state index < -0.39 is 5.60 Å². The van der Waals surface area contributed by atoms with Crippen molar-refractivity contribution >= 4 is 28.1 Å². The molecule has 0 unspecified atom stereocenters. The lowest BCUT2D eigenvalue weighted by Crippen LogP contribution is -2.19. The summed E-state index contributed by atoms with van der Waals surface area (Å²) in [6.45, 7) is 7.06. The summed E-state index contributed by atoms with van der Waals surface area (Å²) >= 11 is 1.27. The Kier molecular flexibility index (Phi) is 5.59. The van der Waals surface area contributed by atoms with Crippen LogP contribution in [-0.4, -0.2) is 37.6 Å². The summed E-state index contributed by atoms with van der Waals surface area (Å²) in [5.74, 6) is 0.533. The van der Waals surface area contributed by atoms with Gasteiger partial charge >= 0.3 is 0 Å². The van der Waals surface area contributed by atoms with Crippen molar-refractivity contribution in [2.24, 2.45) is 7.05 Å². The SMILES string of the molecule is CNC(=O)c1cc2c(-c3sc(C(C)(C)O)nc3Oc3c(C)ccnc3C)cn(C)c(=O)c2[nH]1. The van der Waals surface area contributed by atoms with Gasteiger partial charge in [0.1, 0.15) is 26.7 Å². The van der Waals surface area contributed by atoms with Gasteiger partial charge in [-0.2, -0.15) is 0 Å². The number of nitrogens with one attached hydrogen (secondary N) is 2. The van der Waals surface area contributed by atoms with Crippen LogP contribution >= 0.6 is 11.3 Å². The number of amides is 1. The smallest absolute Gasteiger partial charge is 0.274 e. The van der Waals surface area contributed by atoms with E-state index in [9.17, 15) is 14.7 Å². The number of aromatic amines is 1. The van der Waals surface area contributed by atoms with Crippen LogP contribution in [0.25, 0.3) is 21.3 Å². The standard InChI is InChI=1S/C23H25N5O4S/c1-11-7-8-25-12(2)17(11)32-20-18(33-22(27-20)23(3,4)31)14-10-28(6)21(30)16-13(14)9-15(26-16)19(29)24-5/h7-10,26,31H,1-6H3,(H,24,29). The maximum atomic E-state index is 12.8. The second-order valence-corrected chi connectivity index (χ2v) is 9.37. The zero-order valence-electron chi connectivity index (χ0n) is 19.2. The molecule has 0 aliphatic heterocycles. The number of carbonyl (C=O) groups excluding carboxylic acids is 1. The Morgan fingerprint density at radius 3 is 2.70 bits per heavy atom. The summed E-state index contributed by atoms with van der Waals surface area (Å²) < 4.78 is 7.68. The molecule has 0 fully saturated rings. The van der Waals surface area contributed by atoms with Crippen molar-refractivity contribution in [2.45, 2.75) is 33.3 Å². The monoisotopic (exact) mass is 467 g/mol. The second-order valence-electron chi connectivity index (χ2n) is 8.37. The third-order valence-electron chi connectivity index (χ3n) is 5.28. The molecule has 1 amide bonds. The second kappa shape index (κ2) is 8.13. The van der Waals surface area contributed by atoms with E-state index in [1.54, 1.807) is 39.4 Å². The fourth-order valence-electron chi connectivity index (χ4n) is 3.51. The van der Waals surface area contributed by atoms with Crippen LogP contribution in [0, 0.1) is 13.8 Å². The van der Waals surface area contributed by atoms with Gasteiger partial charge in [-0.3, -0.25) is 14.6 Å². The highest BCUT2D eigenvalue weighted by Gasteiger charge is 2.28. The molecule has 0 saturated heterocycles. The maximum Gasteiger partial charge on any atom is 0.274 e. The summed E-state index contributed by atoms with van der Waals surface area (Å²) in [6, 6.07) is 3.48. The number of nitrogens with zero attached hydrogens (tertiary/aromatic N) is 3. The highest BCUT2D eigenvalue weighted by molar-refractivity contribution is 7.15. The Hall–Kier alpha value is -3.50. The van der Waals surface area contributed by atoms with Crippen LogP contribution in [0.4, 0.5) is 0 Å². The van der Waals surface area contributed by atoms with E-state index in [1.807, 2.05) is 19.9 Å². The first-order valence-electron chi connectivity index (χ1n) is 10.3. The molecule has 0 aliphatic rings. The van der Waals surface area contributed by atoms with Gasteiger partial charge in [-0.25, -0.2) is 4.98 Å². The minimum atomic E-state index is -1.20. The molecule has 10 heteroatoms. The summed E-state index contributed by atoms with van der Waals surface area (Å²) in [7, 11) is 3.16. The Labute approximate surface area is 194 Å². The van der Waals surface area contributed by atoms with Gasteiger partial charge in [-0.1, -0.05) is 0 Å². The predicted molar refractivity (Wildman–Crippen MR) is 127 cm³/mol. The van der Waals surface area contributed by atoms with Crippen molar-refractivity contribution in [3.8, 4) is 22.1 Å². The van der Waals surface area contributed by atoms with Crippen molar-refractivity contribution in [3.63, 3.8) is 0 Å². The molecule has 0 radical (unpaired) electrons. The largest absolute Gasteiger partial charge is 0.435 e. The normalized spacial score (nSPS) is 11.7. The molecule has 0 bridgehead atoms. The number of carbonyl (C=O) groups is 1. The van der Waals surface area contributed by atoms with E-state index >= 15 is 0 Å². The number of H-pyrrole nitrogens is 1. The molecule has 33 heavy (non-hydrogen) atoms. The van der Waals surface area contributed by atoms with Crippen LogP contribution in [0.5, 0.6) is 11.6 Å². The minimum Gasteiger partial charge on any atom is -0.435 e. The molecular formula is C23H25N5O4S. The lowest BCUT2D eigenvalue weighted by molar-refractivity contribution is 0.0778. The molecule has 4 aromatic rings. The number of hydrogen-bond donors (Lipinski definition) is 3. The van der Waals surface area contributed by atoms with Crippen LogP contribution < -0.4 is 15.6 Å². The molecule has 172 valence electrons. The molecule has 0 spiro atoms. The Morgan fingerprint density at radius 2 is 2.06 bits per heavy atom. The highest BCUT2D eigenvalue weighted by atomic mass is 32.1. The molecule has 0 saturated carbocycles. The van der Waals surface area contributed by atoms with Gasteiger partial charge in [0.25, 0.3) is 11.5 Å². The van der Waals surface area contributed by atoms with Crippen molar-refractivity contribution in [2.75, 3.05) is 7.05 Å². The Bertz CT molecular complexity index is 1420. The number of aromatic nitrogens is 4. The molecule has 9 nitrogen and oxygen atoms in total. The zero-order chi connectivity index (χ0) is 24.1. The first kappa shape index (κ1) is 22.7. The van der Waals surface area contributed by atoms with Crippen LogP contribution in [-0.2, 0) is 12.6 Å². The van der Waals surface area contributed by atoms with Gasteiger partial charge in [0.2, 0.25) is 5.88 Å². The third kappa shape index (κ3) is 4.03. The fraction of sp³-hybridized carbons (Fsp3) is 0.304. The van der Waals surface area contributed by atoms with E-state index in [2.05, 4.69) is 20.3 Å². The fourth-order valence-corrected chi connectivity index (χ4v) is 4.53. The Morgan fingerprint density at radius 1 is 1.33 bits per heavy atom. The number of rotatable bonds is 5. The molecular weight excluding hydrogens is 442 g/mol. The van der Waals surface area contributed by atoms with E-state index in [-0.39, 0.29) is 17.2 Å². The van der Waals surface area contributed by atoms with Crippen molar-refractivity contribution < 1.29 is 14.6 Å². The van der Waals surface area contributed by atoms with E-state index in [1.165, 1.54) is 23.0 Å². The lowest BCUT2D eigenvalue weighted by atomic mass is 10.1. The summed E-state index contributed by atoms with van der Waals surface area (Å²) in [6.07, 6.45) is 3.39. The summed E-state index contributed by atoms with van der Waals surface area (Å²) in [4.78, 5) is 37.4. The van der Waals surface area contributed by atoms with Crippen molar-refractivity contribution in [1.29, 1.82) is 0 Å². The van der Waals surface area contributed by atoms with Crippen LogP contribution in [0.1, 0.15) is 40.6 Å². The zero-order valence-corrected chi connectivity index (χ0v) is 20.0. The number of fused-ring (bicyclic) bond motifs is 1. The number of aliphatic hydroxyl groups is 1. The average Bonchev–Trinajstić information content (AvgIpc) is 3.38. The van der Waals surface area contributed by atoms with Crippen molar-refractivity contribution in [1.82, 2.24) is 24.8 Å². The van der Waals surface area contributed by atoms with Crippen molar-refractivity contribution in [3.05, 3.63) is 56.8 Å². The molecule has 0 aromatic carbocycles. The summed E-state index contributed by atoms with van der Waals surface area (Å²) in [5, 5.41) is 14.2. The molecule has 0 atom stereocenters. The first-order valence-corrected chi connectivity index (χ1v) is 11.1. The van der Waals surface area contributed by atoms with Crippen LogP contribution in [0.15, 0.2) is 29.3 Å². The van der Waals surface area contributed by atoms with Gasteiger partial charge in [0.05, 0.1) is 5.69 Å². The minimum absolute atomic E-state index is 0.266. The third-order valence-corrected chi connectivity index (χ3v) is 6.66. The summed E-state index contributed by atoms with van der Waals surface area (Å²) in [5.41, 5.74) is 1.34. The predicted octanol–water partition coefficient (Wildman–Crippen LogP) is 3.38. The quantitative estimate of drug-likeness (QED) is 0.414. The number of hydrogen-bond acceptors (Lipinski definition) is 7. The average molecular weight is 468 g/mol. The number of ether oxygens (including phenoxy) is 1. The molecule has 3 N–H and O–H groups in total. The van der Waals surface area contributed by atoms with Crippen LogP contribution in [0.3, 0.4) is 0 Å². The van der Waals surface area contributed by atoms with E-state index in [4.69, 9.17) is 4.74 Å². The number of thiazole rings is 1. The molecule has 4 rings (SSSR count). The topological polar surface area (TPSA) is 122 Å². The van der Waals surface area contributed by atoms with E-state index in [0.29, 0.717) is 43.7 Å². The van der Waals surface area contributed by atoms with Gasteiger partial charge < -0.3 is 24.7 Å². The first-order chi connectivity index (χ1) is 15.5. The molecule has 4 heterocycles. The Balaban J connectivity index is 1.99. The molecule has 0 aliphatic carbocycles. The van der Waals surface area contributed by atoms with Crippen LogP contribution in [0.2, 0.25) is 0 Å². The number of aryl methyl sites for hydroxylation is 3.